The molecule has 0 unspecified atom stereocenters. The minimum atomic E-state index is -0.888. The van der Waals surface area contributed by atoms with Crippen LogP contribution in [-0.2, 0) is 5.75 Å². The molecular weight excluding hydrogens is 344 g/mol. The van der Waals surface area contributed by atoms with Gasteiger partial charge in [0.25, 0.3) is 0 Å². The smallest absolute Gasteiger partial charge is 0.336 e. The number of carboxylic acids is 1. The van der Waals surface area contributed by atoms with Gasteiger partial charge in [0, 0.05) is 11.5 Å². The Morgan fingerprint density at radius 1 is 0.885 bits per heavy atom. The van der Waals surface area contributed by atoms with Crippen LogP contribution >= 0.6 is 11.8 Å². The Balaban J connectivity index is 1.65. The number of carboxylic acid groups (broad SMARTS) is 1. The molecule has 0 aromatic heterocycles. The lowest BCUT2D eigenvalue weighted by Gasteiger charge is -2.12. The summed E-state index contributed by atoms with van der Waals surface area (Å²) in [4.78, 5) is 11.9. The standard InChI is InChI=1S/C22H20O3S/c23-22(24)21-18(10-7-13-20(21)17-8-3-1-4-9-17)16-26-15-14-25-19-11-5-2-6-12-19/h1-13H,14-16H2,(H,23,24). The van der Waals surface area contributed by atoms with Gasteiger partial charge in [0.05, 0.1) is 12.2 Å². The summed E-state index contributed by atoms with van der Waals surface area (Å²) < 4.78 is 5.68. The highest BCUT2D eigenvalue weighted by Crippen LogP contribution is 2.28. The van der Waals surface area contributed by atoms with Crippen molar-refractivity contribution in [3.63, 3.8) is 0 Å². The van der Waals surface area contributed by atoms with Crippen molar-refractivity contribution in [2.75, 3.05) is 12.4 Å². The van der Waals surface area contributed by atoms with Gasteiger partial charge in [-0.05, 0) is 28.8 Å². The highest BCUT2D eigenvalue weighted by atomic mass is 32.2. The van der Waals surface area contributed by atoms with Gasteiger partial charge in [-0.25, -0.2) is 4.79 Å². The summed E-state index contributed by atoms with van der Waals surface area (Å²) in [5, 5.41) is 9.73. The molecule has 0 spiro atoms. The van der Waals surface area contributed by atoms with E-state index in [2.05, 4.69) is 0 Å². The first-order chi connectivity index (χ1) is 12.8. The SMILES string of the molecule is O=C(O)c1c(CSCCOc2ccccc2)cccc1-c1ccccc1. The van der Waals surface area contributed by atoms with E-state index in [1.54, 1.807) is 11.8 Å². The van der Waals surface area contributed by atoms with E-state index in [0.717, 1.165) is 28.2 Å². The van der Waals surface area contributed by atoms with Crippen molar-refractivity contribution in [3.8, 4) is 16.9 Å². The first kappa shape index (κ1) is 18.1. The topological polar surface area (TPSA) is 46.5 Å². The molecule has 0 atom stereocenters. The molecule has 0 aliphatic heterocycles. The fraction of sp³-hybridized carbons (Fsp3) is 0.136. The van der Waals surface area contributed by atoms with Gasteiger partial charge in [0.15, 0.2) is 0 Å². The van der Waals surface area contributed by atoms with Crippen LogP contribution in [0, 0.1) is 0 Å². The number of benzene rings is 3. The van der Waals surface area contributed by atoms with Crippen LogP contribution in [0.25, 0.3) is 11.1 Å². The summed E-state index contributed by atoms with van der Waals surface area (Å²) in [6.07, 6.45) is 0. The third-order valence-electron chi connectivity index (χ3n) is 3.95. The summed E-state index contributed by atoms with van der Waals surface area (Å²) in [5.74, 6) is 1.40. The molecule has 1 N–H and O–H groups in total. The lowest BCUT2D eigenvalue weighted by Crippen LogP contribution is -2.06. The van der Waals surface area contributed by atoms with Crippen LogP contribution in [0.15, 0.2) is 78.9 Å². The number of rotatable bonds is 8. The van der Waals surface area contributed by atoms with Crippen molar-refractivity contribution >= 4 is 17.7 Å². The highest BCUT2D eigenvalue weighted by molar-refractivity contribution is 7.98. The van der Waals surface area contributed by atoms with Crippen molar-refractivity contribution in [3.05, 3.63) is 90.0 Å². The number of ether oxygens (including phenoxy) is 1. The van der Waals surface area contributed by atoms with E-state index >= 15 is 0 Å². The molecule has 0 bridgehead atoms. The van der Waals surface area contributed by atoms with Gasteiger partial charge in [-0.3, -0.25) is 0 Å². The molecule has 132 valence electrons. The van der Waals surface area contributed by atoms with E-state index in [1.165, 1.54) is 0 Å². The number of thioether (sulfide) groups is 1. The Hall–Kier alpha value is -2.72. The first-order valence-electron chi connectivity index (χ1n) is 8.42. The van der Waals surface area contributed by atoms with Crippen molar-refractivity contribution in [1.29, 1.82) is 0 Å². The number of para-hydroxylation sites is 1. The summed E-state index contributed by atoms with van der Waals surface area (Å²) in [6, 6.07) is 25.0. The lowest BCUT2D eigenvalue weighted by atomic mass is 9.96. The van der Waals surface area contributed by atoms with Gasteiger partial charge in [0.1, 0.15) is 5.75 Å². The molecule has 0 saturated carbocycles. The predicted octanol–water partition coefficient (Wildman–Crippen LogP) is 5.36. The molecule has 0 saturated heterocycles. The van der Waals surface area contributed by atoms with Crippen LogP contribution in [0.3, 0.4) is 0 Å². The maximum atomic E-state index is 11.9. The summed E-state index contributed by atoms with van der Waals surface area (Å²) in [6.45, 7) is 0.593. The number of hydrogen-bond donors (Lipinski definition) is 1. The quantitative estimate of drug-likeness (QED) is 0.546. The fourth-order valence-electron chi connectivity index (χ4n) is 2.75. The number of hydrogen-bond acceptors (Lipinski definition) is 3. The summed E-state index contributed by atoms with van der Waals surface area (Å²) in [7, 11) is 0. The molecular formula is C22H20O3S. The Bertz CT molecular complexity index is 848. The third-order valence-corrected chi connectivity index (χ3v) is 4.92. The maximum absolute atomic E-state index is 11.9. The van der Waals surface area contributed by atoms with Crippen molar-refractivity contribution in [1.82, 2.24) is 0 Å². The summed E-state index contributed by atoms with van der Waals surface area (Å²) >= 11 is 1.67. The van der Waals surface area contributed by atoms with E-state index in [9.17, 15) is 9.90 Å². The van der Waals surface area contributed by atoms with Crippen molar-refractivity contribution in [2.45, 2.75) is 5.75 Å². The monoisotopic (exact) mass is 364 g/mol. The maximum Gasteiger partial charge on any atom is 0.336 e. The van der Waals surface area contributed by atoms with E-state index in [4.69, 9.17) is 4.74 Å². The second-order valence-corrected chi connectivity index (χ2v) is 6.83. The second-order valence-electron chi connectivity index (χ2n) is 5.72. The molecule has 0 aliphatic rings. The molecule has 0 amide bonds. The number of aromatic carboxylic acids is 1. The molecule has 26 heavy (non-hydrogen) atoms. The predicted molar refractivity (Wildman–Crippen MR) is 107 cm³/mol. The van der Waals surface area contributed by atoms with Crippen LogP contribution in [-0.4, -0.2) is 23.4 Å². The Kier molecular flexibility index (Phi) is 6.34. The first-order valence-corrected chi connectivity index (χ1v) is 9.57. The largest absolute Gasteiger partial charge is 0.493 e. The van der Waals surface area contributed by atoms with Gasteiger partial charge in [0.2, 0.25) is 0 Å². The fourth-order valence-corrected chi connectivity index (χ4v) is 3.55. The number of carbonyl (C=O) groups is 1. The van der Waals surface area contributed by atoms with Crippen LogP contribution in [0.4, 0.5) is 0 Å². The molecule has 3 aromatic rings. The third kappa shape index (κ3) is 4.67. The molecule has 0 radical (unpaired) electrons. The van der Waals surface area contributed by atoms with E-state index in [-0.39, 0.29) is 0 Å². The molecule has 0 fully saturated rings. The van der Waals surface area contributed by atoms with E-state index in [1.807, 2.05) is 78.9 Å². The normalized spacial score (nSPS) is 10.5. The molecule has 3 nitrogen and oxygen atoms in total. The zero-order chi connectivity index (χ0) is 18.2. The zero-order valence-electron chi connectivity index (χ0n) is 14.3. The van der Waals surface area contributed by atoms with Gasteiger partial charge in [-0.15, -0.1) is 0 Å². The highest BCUT2D eigenvalue weighted by Gasteiger charge is 2.16. The van der Waals surface area contributed by atoms with Gasteiger partial charge in [-0.2, -0.15) is 11.8 Å². The van der Waals surface area contributed by atoms with Crippen LogP contribution in [0.1, 0.15) is 15.9 Å². The van der Waals surface area contributed by atoms with Crippen molar-refractivity contribution in [2.24, 2.45) is 0 Å². The minimum absolute atomic E-state index is 0.384. The Morgan fingerprint density at radius 3 is 2.27 bits per heavy atom. The average molecular weight is 364 g/mol. The minimum Gasteiger partial charge on any atom is -0.493 e. The molecule has 3 rings (SSSR count). The van der Waals surface area contributed by atoms with Gasteiger partial charge < -0.3 is 9.84 Å². The lowest BCUT2D eigenvalue weighted by molar-refractivity contribution is 0.0697. The van der Waals surface area contributed by atoms with E-state index in [0.29, 0.717) is 17.9 Å². The van der Waals surface area contributed by atoms with Crippen molar-refractivity contribution < 1.29 is 14.6 Å². The summed E-state index contributed by atoms with van der Waals surface area (Å²) in [5.41, 5.74) is 2.90. The Morgan fingerprint density at radius 2 is 1.58 bits per heavy atom. The molecule has 0 heterocycles. The molecule has 0 aliphatic carbocycles. The van der Waals surface area contributed by atoms with Crippen LogP contribution in [0.5, 0.6) is 5.75 Å². The van der Waals surface area contributed by atoms with Gasteiger partial charge in [-0.1, -0.05) is 66.7 Å². The van der Waals surface area contributed by atoms with Gasteiger partial charge >= 0.3 is 5.97 Å². The molecule has 4 heteroatoms. The van der Waals surface area contributed by atoms with Crippen LogP contribution < -0.4 is 4.74 Å². The zero-order valence-corrected chi connectivity index (χ0v) is 15.1. The van der Waals surface area contributed by atoms with Crippen LogP contribution in [0.2, 0.25) is 0 Å². The average Bonchev–Trinajstić information content (AvgIpc) is 2.69. The molecule has 3 aromatic carbocycles. The van der Waals surface area contributed by atoms with E-state index < -0.39 is 5.97 Å². The second kappa shape index (κ2) is 9.11. The Labute approximate surface area is 157 Å².